The van der Waals surface area contributed by atoms with Crippen LogP contribution in [0.4, 0.5) is 13.2 Å². The van der Waals surface area contributed by atoms with E-state index in [1.54, 1.807) is 42.6 Å². The van der Waals surface area contributed by atoms with Gasteiger partial charge in [-0.15, -0.1) is 11.3 Å². The molecule has 5 nitrogen and oxygen atoms in total. The van der Waals surface area contributed by atoms with E-state index in [1.165, 1.54) is 17.4 Å². The molecule has 0 unspecified atom stereocenters. The fourth-order valence-corrected chi connectivity index (χ4v) is 5.57. The van der Waals surface area contributed by atoms with Gasteiger partial charge in [-0.2, -0.15) is 13.2 Å². The summed E-state index contributed by atoms with van der Waals surface area (Å²) in [5, 5.41) is 11.0. The van der Waals surface area contributed by atoms with Crippen molar-refractivity contribution in [3.05, 3.63) is 94.3 Å². The van der Waals surface area contributed by atoms with Crippen LogP contribution in [0.25, 0.3) is 11.3 Å². The van der Waals surface area contributed by atoms with Gasteiger partial charge in [-0.3, -0.25) is 4.79 Å². The zero-order valence-electron chi connectivity index (χ0n) is 20.4. The van der Waals surface area contributed by atoms with Crippen molar-refractivity contribution in [2.75, 3.05) is 0 Å². The normalized spacial score (nSPS) is 13.2. The lowest BCUT2D eigenvalue weighted by Gasteiger charge is -2.20. The molecular weight excluding hydrogens is 533 g/mol. The maximum Gasteiger partial charge on any atom is 0.417 e. The van der Waals surface area contributed by atoms with Gasteiger partial charge in [0.25, 0.3) is 0 Å². The largest absolute Gasteiger partial charge is 0.489 e. The standard InChI is InChI=1S/C28H25F3N2O3S2/c1-27(32,13-12-25(34)35)26-33-23(17-37-26)19-10-11-24(22(14-19)28(29,30)31)38-21-9-5-8-20(15-21)36-16-18-6-3-2-4-7-18/h2-11,14-15,17H,12-13,16,32H2,1H3,(H,34,35)/t27-/m0/s1. The van der Waals surface area contributed by atoms with E-state index in [4.69, 9.17) is 15.6 Å². The summed E-state index contributed by atoms with van der Waals surface area (Å²) in [6, 6.07) is 20.7. The minimum atomic E-state index is -4.58. The van der Waals surface area contributed by atoms with Crippen molar-refractivity contribution in [3.63, 3.8) is 0 Å². The van der Waals surface area contributed by atoms with Gasteiger partial charge in [-0.05, 0) is 49.2 Å². The lowest BCUT2D eigenvalue weighted by atomic mass is 9.98. The zero-order chi connectivity index (χ0) is 27.3. The summed E-state index contributed by atoms with van der Waals surface area (Å²) in [6.45, 7) is 2.02. The van der Waals surface area contributed by atoms with Gasteiger partial charge >= 0.3 is 12.1 Å². The second-order valence-electron chi connectivity index (χ2n) is 8.91. The molecule has 0 aliphatic rings. The SMILES string of the molecule is C[C@](N)(CCC(=O)O)c1nc(-c2ccc(Sc3cccc(OCc4ccccc4)c3)c(C(F)(F)F)c2)cs1. The molecule has 4 aromatic rings. The molecule has 4 rings (SSSR count). The Morgan fingerprint density at radius 3 is 2.55 bits per heavy atom. The van der Waals surface area contributed by atoms with Gasteiger partial charge in [0, 0.05) is 27.2 Å². The summed E-state index contributed by atoms with van der Waals surface area (Å²) in [5.74, 6) is -0.415. The fourth-order valence-electron chi connectivity index (χ4n) is 3.64. The maximum absolute atomic E-state index is 14.1. The van der Waals surface area contributed by atoms with Gasteiger partial charge < -0.3 is 15.6 Å². The first kappa shape index (κ1) is 27.7. The van der Waals surface area contributed by atoms with E-state index in [2.05, 4.69) is 4.98 Å². The van der Waals surface area contributed by atoms with Crippen LogP contribution in [-0.4, -0.2) is 16.1 Å². The summed E-state index contributed by atoms with van der Waals surface area (Å²) < 4.78 is 48.0. The summed E-state index contributed by atoms with van der Waals surface area (Å²) in [4.78, 5) is 16.0. The molecule has 3 N–H and O–H groups in total. The lowest BCUT2D eigenvalue weighted by molar-refractivity contribution is -0.140. The van der Waals surface area contributed by atoms with Crippen LogP contribution in [0.3, 0.4) is 0 Å². The lowest BCUT2D eigenvalue weighted by Crippen LogP contribution is -2.33. The van der Waals surface area contributed by atoms with Crippen LogP contribution in [-0.2, 0) is 23.1 Å². The number of ether oxygens (including phenoxy) is 1. The molecule has 3 aromatic carbocycles. The smallest absolute Gasteiger partial charge is 0.417 e. The first-order chi connectivity index (χ1) is 18.0. The number of hydrogen-bond donors (Lipinski definition) is 2. The predicted octanol–water partition coefficient (Wildman–Crippen LogP) is 7.60. The molecule has 0 spiro atoms. The molecule has 0 saturated carbocycles. The van der Waals surface area contributed by atoms with Crippen LogP contribution in [0.2, 0.25) is 0 Å². The Morgan fingerprint density at radius 1 is 1.08 bits per heavy atom. The van der Waals surface area contributed by atoms with E-state index in [1.807, 2.05) is 30.3 Å². The number of nitrogens with two attached hydrogens (primary N) is 1. The molecule has 0 aliphatic carbocycles. The molecule has 0 amide bonds. The number of rotatable bonds is 10. The van der Waals surface area contributed by atoms with Crippen LogP contribution in [0.5, 0.6) is 5.75 Å². The highest BCUT2D eigenvalue weighted by Gasteiger charge is 2.34. The third-order valence-corrected chi connectivity index (χ3v) is 7.90. The van der Waals surface area contributed by atoms with Crippen molar-refractivity contribution in [1.29, 1.82) is 0 Å². The minimum Gasteiger partial charge on any atom is -0.489 e. The Kier molecular flexibility index (Phi) is 8.44. The quantitative estimate of drug-likeness (QED) is 0.209. The van der Waals surface area contributed by atoms with Crippen molar-refractivity contribution in [2.45, 2.75) is 47.9 Å². The van der Waals surface area contributed by atoms with E-state index < -0.39 is 23.2 Å². The maximum atomic E-state index is 14.1. The van der Waals surface area contributed by atoms with Crippen molar-refractivity contribution in [2.24, 2.45) is 5.73 Å². The molecule has 1 aromatic heterocycles. The molecule has 0 aliphatic heterocycles. The molecule has 0 bridgehead atoms. The molecule has 198 valence electrons. The van der Waals surface area contributed by atoms with Gasteiger partial charge in [-0.1, -0.05) is 54.2 Å². The van der Waals surface area contributed by atoms with E-state index in [0.29, 0.717) is 33.5 Å². The van der Waals surface area contributed by atoms with Crippen LogP contribution in [0, 0.1) is 0 Å². The van der Waals surface area contributed by atoms with Crippen LogP contribution >= 0.6 is 23.1 Å². The molecule has 38 heavy (non-hydrogen) atoms. The highest BCUT2D eigenvalue weighted by atomic mass is 32.2. The highest BCUT2D eigenvalue weighted by molar-refractivity contribution is 7.99. The number of carbonyl (C=O) groups is 1. The molecular formula is C28H25F3N2O3S2. The molecule has 1 atom stereocenters. The summed E-state index contributed by atoms with van der Waals surface area (Å²) in [5.41, 5.74) is 6.12. The predicted molar refractivity (Wildman–Crippen MR) is 142 cm³/mol. The topological polar surface area (TPSA) is 85.4 Å². The van der Waals surface area contributed by atoms with Crippen LogP contribution in [0.1, 0.15) is 35.9 Å². The number of alkyl halides is 3. The molecule has 0 fully saturated rings. The number of halogens is 3. The average Bonchev–Trinajstić information content (AvgIpc) is 3.38. The average molecular weight is 559 g/mol. The van der Waals surface area contributed by atoms with Crippen LogP contribution < -0.4 is 10.5 Å². The summed E-state index contributed by atoms with van der Waals surface area (Å²) in [6.07, 6.45) is -4.56. The first-order valence-electron chi connectivity index (χ1n) is 11.6. The van der Waals surface area contributed by atoms with Crippen molar-refractivity contribution >= 4 is 29.1 Å². The van der Waals surface area contributed by atoms with Gasteiger partial charge in [0.05, 0.1) is 16.8 Å². The number of benzene rings is 3. The van der Waals surface area contributed by atoms with Crippen molar-refractivity contribution in [1.82, 2.24) is 4.98 Å². The number of hydrogen-bond acceptors (Lipinski definition) is 6. The summed E-state index contributed by atoms with van der Waals surface area (Å²) in [7, 11) is 0. The van der Waals surface area contributed by atoms with Gasteiger partial charge in [0.2, 0.25) is 0 Å². The molecule has 0 saturated heterocycles. The Balaban J connectivity index is 1.55. The van der Waals surface area contributed by atoms with Gasteiger partial charge in [0.15, 0.2) is 0 Å². The Hall–Kier alpha value is -3.34. The number of aromatic nitrogens is 1. The summed E-state index contributed by atoms with van der Waals surface area (Å²) >= 11 is 2.20. The molecule has 0 radical (unpaired) electrons. The van der Waals surface area contributed by atoms with Crippen molar-refractivity contribution < 1.29 is 27.8 Å². The minimum absolute atomic E-state index is 0.0574. The zero-order valence-corrected chi connectivity index (χ0v) is 22.0. The monoisotopic (exact) mass is 558 g/mol. The second kappa shape index (κ2) is 11.6. The number of nitrogens with zero attached hydrogens (tertiary/aromatic N) is 1. The number of carboxylic acid groups (broad SMARTS) is 1. The van der Waals surface area contributed by atoms with E-state index in [-0.39, 0.29) is 17.7 Å². The van der Waals surface area contributed by atoms with Crippen molar-refractivity contribution in [3.8, 4) is 17.0 Å². The van der Waals surface area contributed by atoms with E-state index in [0.717, 1.165) is 23.4 Å². The Labute approximate surface area is 226 Å². The van der Waals surface area contributed by atoms with E-state index >= 15 is 0 Å². The molecule has 1 heterocycles. The number of carboxylic acids is 1. The Bertz CT molecular complexity index is 1410. The molecule has 10 heteroatoms. The van der Waals surface area contributed by atoms with Gasteiger partial charge in [-0.25, -0.2) is 4.98 Å². The number of aliphatic carboxylic acids is 1. The Morgan fingerprint density at radius 2 is 1.84 bits per heavy atom. The third-order valence-electron chi connectivity index (χ3n) is 5.71. The first-order valence-corrected chi connectivity index (χ1v) is 13.3. The highest BCUT2D eigenvalue weighted by Crippen LogP contribution is 2.42. The van der Waals surface area contributed by atoms with E-state index in [9.17, 15) is 18.0 Å². The second-order valence-corrected chi connectivity index (χ2v) is 10.9. The fraction of sp³-hybridized carbons (Fsp3) is 0.214. The van der Waals surface area contributed by atoms with Gasteiger partial charge in [0.1, 0.15) is 17.4 Å². The third kappa shape index (κ3) is 7.15. The number of thiazole rings is 1. The van der Waals surface area contributed by atoms with Crippen LogP contribution in [0.15, 0.2) is 88.0 Å².